The molecule has 7 heteroatoms. The molecule has 0 aromatic heterocycles. The lowest BCUT2D eigenvalue weighted by atomic mass is 10.0. The van der Waals surface area contributed by atoms with E-state index in [0.29, 0.717) is 13.0 Å². The zero-order valence-corrected chi connectivity index (χ0v) is 13.4. The zero-order valence-electron chi connectivity index (χ0n) is 11.8. The molecule has 1 aliphatic rings. The minimum atomic E-state index is -3.97. The first-order valence-corrected chi connectivity index (χ1v) is 8.95. The van der Waals surface area contributed by atoms with Crippen LogP contribution in [0.4, 0.5) is 8.78 Å². The van der Waals surface area contributed by atoms with Gasteiger partial charge >= 0.3 is 0 Å². The second kappa shape index (κ2) is 6.58. The van der Waals surface area contributed by atoms with Gasteiger partial charge in [0.1, 0.15) is 10.7 Å². The van der Waals surface area contributed by atoms with E-state index in [1.807, 2.05) is 6.92 Å². The van der Waals surface area contributed by atoms with Gasteiger partial charge in [0.2, 0.25) is 10.0 Å². The summed E-state index contributed by atoms with van der Waals surface area (Å²) in [7, 11) is -3.97. The SMILES string of the molecule is CCC1CCCCN1S(=O)(=O)c1ccc(F)c(CCl)c1F. The molecular formula is C14H18ClF2NO2S. The third-order valence-corrected chi connectivity index (χ3v) is 6.15. The molecule has 1 atom stereocenters. The van der Waals surface area contributed by atoms with E-state index in [2.05, 4.69) is 0 Å². The lowest BCUT2D eigenvalue weighted by molar-refractivity contribution is 0.246. The highest BCUT2D eigenvalue weighted by atomic mass is 35.5. The molecule has 1 aromatic rings. The molecule has 0 radical (unpaired) electrons. The molecule has 0 aliphatic carbocycles. The summed E-state index contributed by atoms with van der Waals surface area (Å²) in [6.45, 7) is 2.28. The van der Waals surface area contributed by atoms with Crippen molar-refractivity contribution >= 4 is 21.6 Å². The van der Waals surface area contributed by atoms with Crippen molar-refractivity contribution in [2.75, 3.05) is 6.54 Å². The summed E-state index contributed by atoms with van der Waals surface area (Å²) in [5.74, 6) is -2.31. The van der Waals surface area contributed by atoms with Crippen LogP contribution in [-0.2, 0) is 15.9 Å². The van der Waals surface area contributed by atoms with Crippen LogP contribution < -0.4 is 0 Å². The van der Waals surface area contributed by atoms with E-state index in [-0.39, 0.29) is 6.04 Å². The fraction of sp³-hybridized carbons (Fsp3) is 0.571. The van der Waals surface area contributed by atoms with E-state index in [1.165, 1.54) is 4.31 Å². The van der Waals surface area contributed by atoms with Crippen molar-refractivity contribution in [3.8, 4) is 0 Å². The van der Waals surface area contributed by atoms with Crippen LogP contribution in [0.3, 0.4) is 0 Å². The van der Waals surface area contributed by atoms with Gasteiger partial charge in [0.05, 0.1) is 5.88 Å². The molecule has 21 heavy (non-hydrogen) atoms. The van der Waals surface area contributed by atoms with E-state index < -0.39 is 38.0 Å². The number of piperidine rings is 1. The van der Waals surface area contributed by atoms with Gasteiger partial charge in [-0.25, -0.2) is 17.2 Å². The summed E-state index contributed by atoms with van der Waals surface area (Å²) >= 11 is 5.51. The van der Waals surface area contributed by atoms with Crippen LogP contribution in [0.2, 0.25) is 0 Å². The maximum absolute atomic E-state index is 14.3. The molecule has 1 aliphatic heterocycles. The Balaban J connectivity index is 2.49. The van der Waals surface area contributed by atoms with Crippen LogP contribution in [0.15, 0.2) is 17.0 Å². The number of rotatable bonds is 4. The Hall–Kier alpha value is -0.720. The summed E-state index contributed by atoms with van der Waals surface area (Å²) in [4.78, 5) is -0.486. The third kappa shape index (κ3) is 3.07. The Morgan fingerprint density at radius 3 is 2.67 bits per heavy atom. The zero-order chi connectivity index (χ0) is 15.6. The average molecular weight is 338 g/mol. The molecule has 0 bridgehead atoms. The third-order valence-electron chi connectivity index (χ3n) is 3.92. The van der Waals surface area contributed by atoms with Crippen molar-refractivity contribution in [1.82, 2.24) is 4.31 Å². The van der Waals surface area contributed by atoms with Crippen LogP contribution in [0.25, 0.3) is 0 Å². The van der Waals surface area contributed by atoms with Gasteiger partial charge in [-0.15, -0.1) is 11.6 Å². The predicted octanol–water partition coefficient (Wildman–Crippen LogP) is 3.66. The van der Waals surface area contributed by atoms with Crippen molar-refractivity contribution in [3.63, 3.8) is 0 Å². The predicted molar refractivity (Wildman–Crippen MR) is 77.7 cm³/mol. The molecule has 0 spiro atoms. The summed E-state index contributed by atoms with van der Waals surface area (Å²) in [6, 6.07) is 1.81. The maximum Gasteiger partial charge on any atom is 0.246 e. The molecule has 0 amide bonds. The summed E-state index contributed by atoms with van der Waals surface area (Å²) < 4.78 is 54.4. The highest BCUT2D eigenvalue weighted by Gasteiger charge is 2.35. The molecule has 1 fully saturated rings. The molecule has 1 saturated heterocycles. The first kappa shape index (κ1) is 16.6. The number of benzene rings is 1. The molecule has 1 unspecified atom stereocenters. The Morgan fingerprint density at radius 2 is 2.05 bits per heavy atom. The lowest BCUT2D eigenvalue weighted by Crippen LogP contribution is -2.43. The number of sulfonamides is 1. The minimum Gasteiger partial charge on any atom is -0.207 e. The van der Waals surface area contributed by atoms with E-state index in [1.54, 1.807) is 0 Å². The molecule has 3 nitrogen and oxygen atoms in total. The van der Waals surface area contributed by atoms with Gasteiger partial charge in [0.25, 0.3) is 0 Å². The highest BCUT2D eigenvalue weighted by Crippen LogP contribution is 2.30. The minimum absolute atomic E-state index is 0.132. The van der Waals surface area contributed by atoms with Crippen LogP contribution >= 0.6 is 11.6 Å². The van der Waals surface area contributed by atoms with Crippen molar-refractivity contribution in [1.29, 1.82) is 0 Å². The number of nitrogens with zero attached hydrogens (tertiary/aromatic N) is 1. The topological polar surface area (TPSA) is 37.4 Å². The normalized spacial score (nSPS) is 20.7. The number of hydrogen-bond acceptors (Lipinski definition) is 2. The smallest absolute Gasteiger partial charge is 0.207 e. The molecule has 0 saturated carbocycles. The highest BCUT2D eigenvalue weighted by molar-refractivity contribution is 7.89. The standard InChI is InChI=1S/C14H18ClF2NO2S/c1-2-10-5-3-4-8-18(10)21(19,20)13-7-6-12(16)11(9-15)14(13)17/h6-7,10H,2-5,8-9H2,1H3. The van der Waals surface area contributed by atoms with Gasteiger partial charge in [0.15, 0.2) is 5.82 Å². The van der Waals surface area contributed by atoms with Crippen LogP contribution in [0, 0.1) is 11.6 Å². The van der Waals surface area contributed by atoms with Crippen molar-refractivity contribution in [2.24, 2.45) is 0 Å². The fourth-order valence-corrected chi connectivity index (χ4v) is 4.83. The fourth-order valence-electron chi connectivity index (χ4n) is 2.72. The summed E-state index contributed by atoms with van der Waals surface area (Å²) in [5.41, 5.74) is -0.400. The molecule has 2 rings (SSSR count). The Labute approximate surface area is 129 Å². The van der Waals surface area contributed by atoms with Gasteiger partial charge in [-0.1, -0.05) is 13.3 Å². The largest absolute Gasteiger partial charge is 0.246 e. The second-order valence-corrected chi connectivity index (χ2v) is 7.27. The van der Waals surface area contributed by atoms with Crippen LogP contribution in [0.5, 0.6) is 0 Å². The van der Waals surface area contributed by atoms with Crippen LogP contribution in [0.1, 0.15) is 38.2 Å². The quantitative estimate of drug-likeness (QED) is 0.786. The van der Waals surface area contributed by atoms with Gasteiger partial charge in [-0.2, -0.15) is 4.31 Å². The van der Waals surface area contributed by atoms with Crippen molar-refractivity contribution in [3.05, 3.63) is 29.3 Å². The van der Waals surface area contributed by atoms with Gasteiger partial charge < -0.3 is 0 Å². The van der Waals surface area contributed by atoms with Crippen LogP contribution in [-0.4, -0.2) is 25.3 Å². The lowest BCUT2D eigenvalue weighted by Gasteiger charge is -2.34. The molecule has 1 heterocycles. The number of alkyl halides is 1. The first-order chi connectivity index (χ1) is 9.93. The monoisotopic (exact) mass is 337 g/mol. The molecule has 0 N–H and O–H groups in total. The van der Waals surface area contributed by atoms with E-state index in [0.717, 1.165) is 31.4 Å². The van der Waals surface area contributed by atoms with Gasteiger partial charge in [-0.3, -0.25) is 0 Å². The summed E-state index contributed by atoms with van der Waals surface area (Å²) in [5, 5.41) is 0. The van der Waals surface area contributed by atoms with E-state index >= 15 is 0 Å². The summed E-state index contributed by atoms with van der Waals surface area (Å²) in [6.07, 6.45) is 3.15. The van der Waals surface area contributed by atoms with E-state index in [4.69, 9.17) is 11.6 Å². The molecule has 1 aromatic carbocycles. The number of hydrogen-bond donors (Lipinski definition) is 0. The molecule has 118 valence electrons. The Morgan fingerprint density at radius 1 is 1.33 bits per heavy atom. The Bertz CT molecular complexity index is 622. The van der Waals surface area contributed by atoms with Gasteiger partial charge in [-0.05, 0) is 31.4 Å². The first-order valence-electron chi connectivity index (χ1n) is 6.98. The van der Waals surface area contributed by atoms with E-state index in [9.17, 15) is 17.2 Å². The van der Waals surface area contributed by atoms with Gasteiger partial charge in [0, 0.05) is 18.2 Å². The van der Waals surface area contributed by atoms with Crippen molar-refractivity contribution in [2.45, 2.75) is 49.4 Å². The maximum atomic E-state index is 14.3. The molecular weight excluding hydrogens is 320 g/mol. The average Bonchev–Trinajstić information content (AvgIpc) is 2.47. The van der Waals surface area contributed by atoms with Crippen molar-refractivity contribution < 1.29 is 17.2 Å². The second-order valence-electron chi connectivity index (χ2n) is 5.15. The number of halogens is 3. The Kier molecular flexibility index (Phi) is 5.22.